The molecule has 6 heteroatoms. The van der Waals surface area contributed by atoms with Crippen LogP contribution in [0.1, 0.15) is 37.4 Å². The number of hydrogen-bond donors (Lipinski definition) is 2. The summed E-state index contributed by atoms with van der Waals surface area (Å²) in [6.07, 6.45) is 2.71. The third-order valence-corrected chi connectivity index (χ3v) is 3.62. The van der Waals surface area contributed by atoms with Crippen LogP contribution in [-0.4, -0.2) is 24.6 Å². The van der Waals surface area contributed by atoms with Gasteiger partial charge in [-0.15, -0.1) is 24.0 Å². The lowest BCUT2D eigenvalue weighted by Crippen LogP contribution is -2.38. The first kappa shape index (κ1) is 21.2. The number of guanidine groups is 1. The summed E-state index contributed by atoms with van der Waals surface area (Å²) in [5, 5.41) is 6.72. The molecule has 2 N–H and O–H groups in total. The summed E-state index contributed by atoms with van der Waals surface area (Å²) < 4.78 is 5.69. The third-order valence-electron chi connectivity index (χ3n) is 3.62. The molecular weight excluding hydrogens is 427 g/mol. The van der Waals surface area contributed by atoms with Crippen molar-refractivity contribution in [2.24, 2.45) is 4.99 Å². The Morgan fingerprint density at radius 1 is 1.20 bits per heavy atom. The lowest BCUT2D eigenvalue weighted by atomic mass is 10.1. The van der Waals surface area contributed by atoms with Crippen LogP contribution in [0.15, 0.2) is 53.7 Å². The highest BCUT2D eigenvalue weighted by Crippen LogP contribution is 2.14. The summed E-state index contributed by atoms with van der Waals surface area (Å²) in [6.45, 7) is 5.47. The number of rotatable bonds is 7. The molecule has 5 nitrogen and oxygen atoms in total. The van der Waals surface area contributed by atoms with Crippen LogP contribution in [-0.2, 0) is 6.54 Å². The Morgan fingerprint density at radius 3 is 2.64 bits per heavy atom. The number of hydrogen-bond acceptors (Lipinski definition) is 3. The van der Waals surface area contributed by atoms with E-state index in [1.807, 2.05) is 30.3 Å². The van der Waals surface area contributed by atoms with E-state index >= 15 is 0 Å². The second kappa shape index (κ2) is 11.7. The second-order valence-electron chi connectivity index (χ2n) is 5.52. The topological polar surface area (TPSA) is 58.5 Å². The third kappa shape index (κ3) is 6.89. The van der Waals surface area contributed by atoms with E-state index in [1.54, 1.807) is 13.2 Å². The number of benzene rings is 1. The lowest BCUT2D eigenvalue weighted by Gasteiger charge is -2.18. The highest BCUT2D eigenvalue weighted by molar-refractivity contribution is 14.0. The normalized spacial score (nSPS) is 12.0. The Labute approximate surface area is 167 Å². The van der Waals surface area contributed by atoms with Gasteiger partial charge in [-0.3, -0.25) is 4.99 Å². The molecule has 0 fully saturated rings. The molecule has 0 aliphatic heterocycles. The molecule has 1 aromatic heterocycles. The van der Waals surface area contributed by atoms with Crippen LogP contribution in [0, 0.1) is 0 Å². The van der Waals surface area contributed by atoms with E-state index in [2.05, 4.69) is 46.6 Å². The Morgan fingerprint density at radius 2 is 1.96 bits per heavy atom. The Bertz CT molecular complexity index is 649. The maximum Gasteiger partial charge on any atom is 0.218 e. The maximum absolute atomic E-state index is 5.69. The first-order valence-corrected chi connectivity index (χ1v) is 8.33. The van der Waals surface area contributed by atoms with Gasteiger partial charge in [0, 0.05) is 25.4 Å². The number of aliphatic imine (C=N–C) groups is 1. The van der Waals surface area contributed by atoms with Crippen LogP contribution in [0.3, 0.4) is 0 Å². The minimum atomic E-state index is 0. The molecule has 0 amide bonds. The van der Waals surface area contributed by atoms with E-state index in [0.29, 0.717) is 19.0 Å². The first-order valence-electron chi connectivity index (χ1n) is 8.33. The SMILES string of the molecule is CCCOc1ncccc1CNC(=NC)NC(C)c1ccccc1.I. The number of nitrogens with zero attached hydrogens (tertiary/aromatic N) is 2. The van der Waals surface area contributed by atoms with Crippen LogP contribution >= 0.6 is 24.0 Å². The van der Waals surface area contributed by atoms with Crippen molar-refractivity contribution in [1.29, 1.82) is 0 Å². The lowest BCUT2D eigenvalue weighted by molar-refractivity contribution is 0.301. The molecule has 0 spiro atoms. The predicted molar refractivity (Wildman–Crippen MR) is 114 cm³/mol. The van der Waals surface area contributed by atoms with Crippen molar-refractivity contribution in [2.75, 3.05) is 13.7 Å². The van der Waals surface area contributed by atoms with E-state index in [-0.39, 0.29) is 30.0 Å². The zero-order valence-electron chi connectivity index (χ0n) is 15.0. The molecule has 2 aromatic rings. The van der Waals surface area contributed by atoms with Gasteiger partial charge < -0.3 is 15.4 Å². The molecule has 0 radical (unpaired) electrons. The Hall–Kier alpha value is -1.83. The van der Waals surface area contributed by atoms with Crippen LogP contribution < -0.4 is 15.4 Å². The molecule has 0 saturated carbocycles. The van der Waals surface area contributed by atoms with Gasteiger partial charge in [0.1, 0.15) is 0 Å². The molecule has 136 valence electrons. The maximum atomic E-state index is 5.69. The Kier molecular flexibility index (Phi) is 9.91. The van der Waals surface area contributed by atoms with Gasteiger partial charge in [0.25, 0.3) is 0 Å². The van der Waals surface area contributed by atoms with Gasteiger partial charge >= 0.3 is 0 Å². The average Bonchev–Trinajstić information content (AvgIpc) is 2.64. The van der Waals surface area contributed by atoms with Gasteiger partial charge in [-0.25, -0.2) is 4.98 Å². The monoisotopic (exact) mass is 454 g/mol. The quantitative estimate of drug-likeness (QED) is 0.379. The highest BCUT2D eigenvalue weighted by atomic mass is 127. The number of ether oxygens (including phenoxy) is 1. The fraction of sp³-hybridized carbons (Fsp3) is 0.368. The second-order valence-corrected chi connectivity index (χ2v) is 5.52. The van der Waals surface area contributed by atoms with Crippen LogP contribution in [0.25, 0.3) is 0 Å². The summed E-state index contributed by atoms with van der Waals surface area (Å²) >= 11 is 0. The standard InChI is InChI=1S/C19H26N4O.HI/c1-4-13-24-18-17(11-8-12-21-18)14-22-19(20-3)23-15(2)16-9-6-5-7-10-16;/h5-12,15H,4,13-14H2,1-3H3,(H2,20,22,23);1H. The molecule has 1 unspecified atom stereocenters. The van der Waals surface area contributed by atoms with Gasteiger partial charge in [0.05, 0.1) is 12.6 Å². The first-order chi connectivity index (χ1) is 11.7. The zero-order chi connectivity index (χ0) is 17.2. The summed E-state index contributed by atoms with van der Waals surface area (Å²) in [7, 11) is 1.77. The van der Waals surface area contributed by atoms with Gasteiger partial charge in [-0.2, -0.15) is 0 Å². The molecule has 2 rings (SSSR count). The average molecular weight is 454 g/mol. The predicted octanol–water partition coefficient (Wildman–Crippen LogP) is 3.91. The molecule has 0 bridgehead atoms. The van der Waals surface area contributed by atoms with Crippen LogP contribution in [0.2, 0.25) is 0 Å². The van der Waals surface area contributed by atoms with Crippen molar-refractivity contribution in [1.82, 2.24) is 15.6 Å². The summed E-state index contributed by atoms with van der Waals surface area (Å²) in [4.78, 5) is 8.60. The summed E-state index contributed by atoms with van der Waals surface area (Å²) in [5.74, 6) is 1.43. The molecule has 0 aliphatic rings. The van der Waals surface area contributed by atoms with Crippen molar-refractivity contribution in [2.45, 2.75) is 32.9 Å². The Balaban J connectivity index is 0.00000312. The van der Waals surface area contributed by atoms with E-state index in [0.717, 1.165) is 17.9 Å². The zero-order valence-corrected chi connectivity index (χ0v) is 17.4. The molecule has 25 heavy (non-hydrogen) atoms. The summed E-state index contributed by atoms with van der Waals surface area (Å²) in [5.41, 5.74) is 2.23. The van der Waals surface area contributed by atoms with Crippen LogP contribution in [0.5, 0.6) is 5.88 Å². The highest BCUT2D eigenvalue weighted by Gasteiger charge is 2.09. The van der Waals surface area contributed by atoms with E-state index in [9.17, 15) is 0 Å². The van der Waals surface area contributed by atoms with Crippen molar-refractivity contribution in [3.05, 3.63) is 59.8 Å². The van der Waals surface area contributed by atoms with E-state index in [1.165, 1.54) is 5.56 Å². The fourth-order valence-corrected chi connectivity index (χ4v) is 2.29. The number of aromatic nitrogens is 1. The van der Waals surface area contributed by atoms with Gasteiger partial charge in [0.15, 0.2) is 5.96 Å². The molecule has 1 aromatic carbocycles. The molecule has 0 aliphatic carbocycles. The fourth-order valence-electron chi connectivity index (χ4n) is 2.29. The van der Waals surface area contributed by atoms with Crippen molar-refractivity contribution in [3.63, 3.8) is 0 Å². The number of nitrogens with one attached hydrogen (secondary N) is 2. The van der Waals surface area contributed by atoms with E-state index in [4.69, 9.17) is 4.74 Å². The number of halogens is 1. The number of pyridine rings is 1. The van der Waals surface area contributed by atoms with Gasteiger partial charge in [0.2, 0.25) is 5.88 Å². The van der Waals surface area contributed by atoms with E-state index < -0.39 is 0 Å². The molecule has 1 atom stereocenters. The largest absolute Gasteiger partial charge is 0.477 e. The van der Waals surface area contributed by atoms with Gasteiger partial charge in [-0.1, -0.05) is 43.3 Å². The van der Waals surface area contributed by atoms with Crippen molar-refractivity contribution in [3.8, 4) is 5.88 Å². The van der Waals surface area contributed by atoms with Gasteiger partial charge in [-0.05, 0) is 25.0 Å². The molecule has 1 heterocycles. The minimum Gasteiger partial charge on any atom is -0.477 e. The minimum absolute atomic E-state index is 0. The summed E-state index contributed by atoms with van der Waals surface area (Å²) in [6, 6.07) is 14.4. The molecule has 0 saturated heterocycles. The van der Waals surface area contributed by atoms with Crippen molar-refractivity contribution >= 4 is 29.9 Å². The van der Waals surface area contributed by atoms with Crippen LogP contribution in [0.4, 0.5) is 0 Å². The van der Waals surface area contributed by atoms with Crippen molar-refractivity contribution < 1.29 is 4.74 Å². The smallest absolute Gasteiger partial charge is 0.218 e. The molecular formula is C19H27IN4O.